The van der Waals surface area contributed by atoms with Crippen LogP contribution in [0.15, 0.2) is 24.4 Å². The van der Waals surface area contributed by atoms with Gasteiger partial charge in [0.25, 0.3) is 5.69 Å². The van der Waals surface area contributed by atoms with E-state index >= 15 is 0 Å². The molecule has 0 bridgehead atoms. The van der Waals surface area contributed by atoms with Crippen molar-refractivity contribution in [1.29, 1.82) is 0 Å². The zero-order valence-corrected chi connectivity index (χ0v) is 10.2. The van der Waals surface area contributed by atoms with Gasteiger partial charge in [0.1, 0.15) is 5.52 Å². The normalized spacial score (nSPS) is 16.4. The van der Waals surface area contributed by atoms with Crippen molar-refractivity contribution in [3.8, 4) is 0 Å². The third-order valence-corrected chi connectivity index (χ3v) is 3.96. The number of para-hydroxylation sites is 1. The van der Waals surface area contributed by atoms with Crippen molar-refractivity contribution in [2.45, 2.75) is 32.1 Å². The summed E-state index contributed by atoms with van der Waals surface area (Å²) in [5.74, 6) is 0.753. The molecule has 1 aromatic carbocycles. The lowest BCUT2D eigenvalue weighted by Gasteiger charge is -2.07. The Morgan fingerprint density at radius 3 is 2.83 bits per heavy atom. The highest BCUT2D eigenvalue weighted by molar-refractivity contribution is 5.90. The van der Waals surface area contributed by atoms with Gasteiger partial charge in [-0.2, -0.15) is 0 Å². The summed E-state index contributed by atoms with van der Waals surface area (Å²) in [7, 11) is 0. The van der Waals surface area contributed by atoms with Crippen LogP contribution in [0.5, 0.6) is 0 Å². The Labute approximate surface area is 105 Å². The zero-order valence-electron chi connectivity index (χ0n) is 10.2. The molecule has 0 radical (unpaired) electrons. The number of rotatable bonds is 3. The first-order valence-electron chi connectivity index (χ1n) is 6.49. The van der Waals surface area contributed by atoms with Gasteiger partial charge in [0.15, 0.2) is 0 Å². The number of non-ortho nitro benzene ring substituents is 1. The molecule has 94 valence electrons. The highest BCUT2D eigenvalue weighted by Gasteiger charge is 2.19. The predicted molar refractivity (Wildman–Crippen MR) is 70.6 cm³/mol. The fourth-order valence-electron chi connectivity index (χ4n) is 3.04. The Morgan fingerprint density at radius 2 is 2.11 bits per heavy atom. The van der Waals surface area contributed by atoms with E-state index in [0.717, 1.165) is 17.7 Å². The molecule has 1 aromatic heterocycles. The van der Waals surface area contributed by atoms with E-state index < -0.39 is 0 Å². The van der Waals surface area contributed by atoms with Gasteiger partial charge in [0.2, 0.25) is 0 Å². The molecule has 18 heavy (non-hydrogen) atoms. The van der Waals surface area contributed by atoms with Crippen LogP contribution in [0.3, 0.4) is 0 Å². The van der Waals surface area contributed by atoms with Gasteiger partial charge in [0, 0.05) is 17.6 Å². The highest BCUT2D eigenvalue weighted by Crippen LogP contribution is 2.32. The van der Waals surface area contributed by atoms with Crippen molar-refractivity contribution >= 4 is 16.6 Å². The van der Waals surface area contributed by atoms with Crippen LogP contribution in [0, 0.1) is 16.0 Å². The summed E-state index contributed by atoms with van der Waals surface area (Å²) in [5, 5.41) is 12.0. The SMILES string of the molecule is O=[N+]([O-])c1cccc2c(CC3CCCC3)c[nH]c12. The van der Waals surface area contributed by atoms with Gasteiger partial charge in [-0.05, 0) is 17.9 Å². The fourth-order valence-corrected chi connectivity index (χ4v) is 3.04. The van der Waals surface area contributed by atoms with Gasteiger partial charge >= 0.3 is 0 Å². The Hall–Kier alpha value is -1.84. The molecular weight excluding hydrogens is 228 g/mol. The van der Waals surface area contributed by atoms with Crippen LogP contribution in [0.4, 0.5) is 5.69 Å². The van der Waals surface area contributed by atoms with Gasteiger partial charge < -0.3 is 4.98 Å². The molecule has 0 atom stereocenters. The standard InChI is InChI=1S/C14H16N2O2/c17-16(18)13-7-3-6-12-11(9-15-14(12)13)8-10-4-1-2-5-10/h3,6-7,9-10,15H,1-2,4-5,8H2. The van der Waals surface area contributed by atoms with Crippen LogP contribution in [-0.4, -0.2) is 9.91 Å². The Balaban J connectivity index is 1.98. The molecule has 1 saturated carbocycles. The smallest absolute Gasteiger partial charge is 0.293 e. The van der Waals surface area contributed by atoms with Crippen LogP contribution in [0.1, 0.15) is 31.2 Å². The maximum atomic E-state index is 11.0. The summed E-state index contributed by atoms with van der Waals surface area (Å²) >= 11 is 0. The first-order valence-corrected chi connectivity index (χ1v) is 6.49. The number of hydrogen-bond donors (Lipinski definition) is 1. The molecule has 0 aliphatic heterocycles. The van der Waals surface area contributed by atoms with Crippen molar-refractivity contribution < 1.29 is 4.92 Å². The Kier molecular flexibility index (Phi) is 2.78. The van der Waals surface area contributed by atoms with Crippen molar-refractivity contribution in [2.75, 3.05) is 0 Å². The van der Waals surface area contributed by atoms with E-state index in [2.05, 4.69) is 4.98 Å². The topological polar surface area (TPSA) is 58.9 Å². The minimum atomic E-state index is -0.321. The number of aromatic nitrogens is 1. The van der Waals surface area contributed by atoms with E-state index in [-0.39, 0.29) is 10.6 Å². The second-order valence-electron chi connectivity index (χ2n) is 5.13. The first-order chi connectivity index (χ1) is 8.75. The van der Waals surface area contributed by atoms with E-state index in [1.807, 2.05) is 12.3 Å². The summed E-state index contributed by atoms with van der Waals surface area (Å²) in [5.41, 5.74) is 2.06. The van der Waals surface area contributed by atoms with Gasteiger partial charge in [-0.1, -0.05) is 37.8 Å². The van der Waals surface area contributed by atoms with Crippen LogP contribution >= 0.6 is 0 Å². The van der Waals surface area contributed by atoms with Crippen molar-refractivity contribution in [3.63, 3.8) is 0 Å². The fraction of sp³-hybridized carbons (Fsp3) is 0.429. The van der Waals surface area contributed by atoms with Crippen LogP contribution in [-0.2, 0) is 6.42 Å². The summed E-state index contributed by atoms with van der Waals surface area (Å²) in [6.45, 7) is 0. The Morgan fingerprint density at radius 1 is 1.33 bits per heavy atom. The summed E-state index contributed by atoms with van der Waals surface area (Å²) < 4.78 is 0. The first kappa shape index (κ1) is 11.3. The number of fused-ring (bicyclic) bond motifs is 1. The van der Waals surface area contributed by atoms with Crippen molar-refractivity contribution in [1.82, 2.24) is 4.98 Å². The van der Waals surface area contributed by atoms with E-state index in [4.69, 9.17) is 0 Å². The molecule has 4 heteroatoms. The summed E-state index contributed by atoms with van der Waals surface area (Å²) in [6, 6.07) is 5.30. The molecule has 3 rings (SSSR count). The average Bonchev–Trinajstić information content (AvgIpc) is 2.99. The number of H-pyrrole nitrogens is 1. The van der Waals surface area contributed by atoms with Gasteiger partial charge in [-0.15, -0.1) is 0 Å². The zero-order chi connectivity index (χ0) is 12.5. The molecular formula is C14H16N2O2. The predicted octanol–water partition coefficient (Wildman–Crippen LogP) is 3.81. The quantitative estimate of drug-likeness (QED) is 0.659. The van der Waals surface area contributed by atoms with E-state index in [1.54, 1.807) is 12.1 Å². The molecule has 0 amide bonds. The van der Waals surface area contributed by atoms with Crippen LogP contribution in [0.2, 0.25) is 0 Å². The maximum absolute atomic E-state index is 11.0. The number of benzene rings is 1. The molecule has 1 fully saturated rings. The van der Waals surface area contributed by atoms with Crippen molar-refractivity contribution in [2.24, 2.45) is 5.92 Å². The molecule has 1 N–H and O–H groups in total. The van der Waals surface area contributed by atoms with Gasteiger partial charge in [-0.3, -0.25) is 10.1 Å². The minimum absolute atomic E-state index is 0.171. The largest absolute Gasteiger partial charge is 0.355 e. The molecule has 1 aliphatic rings. The lowest BCUT2D eigenvalue weighted by molar-refractivity contribution is -0.383. The number of nitrogens with zero attached hydrogens (tertiary/aromatic N) is 1. The van der Waals surface area contributed by atoms with E-state index in [9.17, 15) is 10.1 Å². The molecule has 0 saturated heterocycles. The monoisotopic (exact) mass is 244 g/mol. The lowest BCUT2D eigenvalue weighted by atomic mass is 9.97. The van der Waals surface area contributed by atoms with E-state index in [1.165, 1.54) is 31.2 Å². The molecule has 1 heterocycles. The van der Waals surface area contributed by atoms with E-state index in [0.29, 0.717) is 5.52 Å². The minimum Gasteiger partial charge on any atom is -0.355 e. The third kappa shape index (κ3) is 1.88. The van der Waals surface area contributed by atoms with Crippen molar-refractivity contribution in [3.05, 3.63) is 40.1 Å². The maximum Gasteiger partial charge on any atom is 0.293 e. The second-order valence-corrected chi connectivity index (χ2v) is 5.13. The average molecular weight is 244 g/mol. The number of nitro benzene ring substituents is 1. The highest BCUT2D eigenvalue weighted by atomic mass is 16.6. The number of hydrogen-bond acceptors (Lipinski definition) is 2. The second kappa shape index (κ2) is 4.44. The molecule has 0 spiro atoms. The Bertz CT molecular complexity index is 582. The number of nitrogens with one attached hydrogen (secondary N) is 1. The molecule has 4 nitrogen and oxygen atoms in total. The summed E-state index contributed by atoms with van der Waals surface area (Å²) in [4.78, 5) is 13.7. The van der Waals surface area contributed by atoms with Gasteiger partial charge in [-0.25, -0.2) is 0 Å². The lowest BCUT2D eigenvalue weighted by Crippen LogP contribution is -1.97. The molecule has 0 unspecified atom stereocenters. The number of aromatic amines is 1. The molecule has 2 aromatic rings. The third-order valence-electron chi connectivity index (χ3n) is 3.96. The van der Waals surface area contributed by atoms with Crippen LogP contribution < -0.4 is 0 Å². The van der Waals surface area contributed by atoms with Gasteiger partial charge in [0.05, 0.1) is 4.92 Å². The number of nitro groups is 1. The summed E-state index contributed by atoms with van der Waals surface area (Å²) in [6.07, 6.45) is 8.22. The van der Waals surface area contributed by atoms with Crippen LogP contribution in [0.25, 0.3) is 10.9 Å². The molecule has 1 aliphatic carbocycles.